The lowest BCUT2D eigenvalue weighted by atomic mass is 10.2. The maximum atomic E-state index is 12.2. The number of nitrogens with zero attached hydrogens (tertiary/aromatic N) is 2. The molecule has 7 heteroatoms. The fourth-order valence-electron chi connectivity index (χ4n) is 2.46. The predicted octanol–water partition coefficient (Wildman–Crippen LogP) is 2.02. The smallest absolute Gasteiger partial charge is 0.242 e. The Balaban J connectivity index is 1.72. The number of halogens is 1. The average Bonchev–Trinajstić information content (AvgIpc) is 2.60. The van der Waals surface area contributed by atoms with Gasteiger partial charge in [-0.2, -0.15) is 0 Å². The van der Waals surface area contributed by atoms with Crippen LogP contribution in [0.4, 0.5) is 5.69 Å². The highest BCUT2D eigenvalue weighted by atomic mass is 35.5. The summed E-state index contributed by atoms with van der Waals surface area (Å²) in [4.78, 5) is 27.8. The molecule has 1 aliphatic rings. The van der Waals surface area contributed by atoms with Crippen LogP contribution in [0.15, 0.2) is 36.9 Å². The van der Waals surface area contributed by atoms with Crippen molar-refractivity contribution in [2.24, 2.45) is 0 Å². The molecule has 0 saturated carbocycles. The van der Waals surface area contributed by atoms with Gasteiger partial charge in [-0.3, -0.25) is 9.59 Å². The van der Waals surface area contributed by atoms with E-state index in [1.807, 2.05) is 24.3 Å². The van der Waals surface area contributed by atoms with Gasteiger partial charge in [0.05, 0.1) is 12.3 Å². The van der Waals surface area contributed by atoms with Crippen LogP contribution in [0.5, 0.6) is 0 Å². The number of thioether (sulfide) groups is 1. The fraction of sp³-hybridized carbons (Fsp3) is 0.412. The molecule has 1 saturated heterocycles. The number of anilines is 1. The zero-order chi connectivity index (χ0) is 17.4. The van der Waals surface area contributed by atoms with E-state index in [1.54, 1.807) is 11.0 Å². The normalized spacial score (nSPS) is 14.4. The molecule has 0 bridgehead atoms. The van der Waals surface area contributed by atoms with E-state index in [9.17, 15) is 9.59 Å². The van der Waals surface area contributed by atoms with Crippen molar-refractivity contribution in [2.75, 3.05) is 49.1 Å². The number of amides is 2. The van der Waals surface area contributed by atoms with E-state index in [0.29, 0.717) is 23.9 Å². The molecule has 1 aliphatic heterocycles. The summed E-state index contributed by atoms with van der Waals surface area (Å²) in [7, 11) is 0. The summed E-state index contributed by atoms with van der Waals surface area (Å²) in [6.45, 7) is 6.47. The highest BCUT2D eigenvalue weighted by molar-refractivity contribution is 8.00. The molecular formula is C17H22ClN3O2S. The van der Waals surface area contributed by atoms with Gasteiger partial charge in [0.1, 0.15) is 0 Å². The van der Waals surface area contributed by atoms with E-state index in [2.05, 4.69) is 16.8 Å². The Hall–Kier alpha value is -1.66. The third-order valence-electron chi connectivity index (χ3n) is 3.71. The SMILES string of the molecule is C=CCSCC(=O)NCC(=O)N1CCN(c2cccc(Cl)c2)CC1. The van der Waals surface area contributed by atoms with Gasteiger partial charge >= 0.3 is 0 Å². The maximum Gasteiger partial charge on any atom is 0.242 e. The van der Waals surface area contributed by atoms with Gasteiger partial charge in [-0.1, -0.05) is 23.7 Å². The molecule has 1 aromatic carbocycles. The first-order valence-electron chi connectivity index (χ1n) is 7.84. The van der Waals surface area contributed by atoms with Crippen LogP contribution in [0.3, 0.4) is 0 Å². The number of benzene rings is 1. The first-order chi connectivity index (χ1) is 11.6. The molecule has 130 valence electrons. The minimum Gasteiger partial charge on any atom is -0.368 e. The van der Waals surface area contributed by atoms with Gasteiger partial charge in [-0.05, 0) is 18.2 Å². The van der Waals surface area contributed by atoms with E-state index in [1.165, 1.54) is 11.8 Å². The average molecular weight is 368 g/mol. The van der Waals surface area contributed by atoms with Crippen LogP contribution in [-0.4, -0.2) is 60.9 Å². The van der Waals surface area contributed by atoms with Gasteiger partial charge in [0.25, 0.3) is 0 Å². The van der Waals surface area contributed by atoms with E-state index >= 15 is 0 Å². The molecular weight excluding hydrogens is 346 g/mol. The summed E-state index contributed by atoms with van der Waals surface area (Å²) in [5, 5.41) is 3.38. The second kappa shape index (κ2) is 9.59. The molecule has 1 heterocycles. The van der Waals surface area contributed by atoms with E-state index in [-0.39, 0.29) is 18.4 Å². The number of nitrogens with one attached hydrogen (secondary N) is 1. The first kappa shape index (κ1) is 18.7. The van der Waals surface area contributed by atoms with Gasteiger partial charge < -0.3 is 15.1 Å². The number of carbonyl (C=O) groups excluding carboxylic acids is 2. The Morgan fingerprint density at radius 3 is 2.71 bits per heavy atom. The van der Waals surface area contributed by atoms with Crippen LogP contribution in [0.2, 0.25) is 5.02 Å². The number of hydrogen-bond donors (Lipinski definition) is 1. The van der Waals surface area contributed by atoms with Crippen LogP contribution in [-0.2, 0) is 9.59 Å². The van der Waals surface area contributed by atoms with E-state index in [4.69, 9.17) is 11.6 Å². The zero-order valence-electron chi connectivity index (χ0n) is 13.5. The fourth-order valence-corrected chi connectivity index (χ4v) is 3.22. The minimum atomic E-state index is -0.118. The summed E-state index contributed by atoms with van der Waals surface area (Å²) >= 11 is 7.50. The number of hydrogen-bond acceptors (Lipinski definition) is 4. The molecule has 24 heavy (non-hydrogen) atoms. The molecule has 0 spiro atoms. The van der Waals surface area contributed by atoms with Crippen molar-refractivity contribution < 1.29 is 9.59 Å². The minimum absolute atomic E-state index is 0.0391. The Labute approximate surface area is 152 Å². The van der Waals surface area contributed by atoms with Gasteiger partial charge in [-0.25, -0.2) is 0 Å². The Bertz CT molecular complexity index is 589. The van der Waals surface area contributed by atoms with Crippen molar-refractivity contribution in [1.29, 1.82) is 0 Å². The topological polar surface area (TPSA) is 52.7 Å². The van der Waals surface area contributed by atoms with Crippen LogP contribution < -0.4 is 10.2 Å². The van der Waals surface area contributed by atoms with Crippen molar-refractivity contribution in [2.45, 2.75) is 0 Å². The summed E-state index contributed by atoms with van der Waals surface area (Å²) in [6.07, 6.45) is 1.75. The Morgan fingerprint density at radius 2 is 2.04 bits per heavy atom. The van der Waals surface area contributed by atoms with Crippen LogP contribution in [0.25, 0.3) is 0 Å². The summed E-state index contributed by atoms with van der Waals surface area (Å²) in [5.41, 5.74) is 1.07. The Morgan fingerprint density at radius 1 is 1.29 bits per heavy atom. The molecule has 1 N–H and O–H groups in total. The monoisotopic (exact) mass is 367 g/mol. The molecule has 2 rings (SSSR count). The number of piperazine rings is 1. The highest BCUT2D eigenvalue weighted by Gasteiger charge is 2.21. The second-order valence-corrected chi connectivity index (χ2v) is 6.89. The quantitative estimate of drug-likeness (QED) is 0.591. The largest absolute Gasteiger partial charge is 0.368 e. The third kappa shape index (κ3) is 5.76. The summed E-state index contributed by atoms with van der Waals surface area (Å²) in [5.74, 6) is 0.921. The molecule has 0 aliphatic carbocycles. The van der Waals surface area contributed by atoms with Crippen molar-refractivity contribution in [3.63, 3.8) is 0 Å². The van der Waals surface area contributed by atoms with Crippen molar-refractivity contribution in [3.05, 3.63) is 41.9 Å². The summed E-state index contributed by atoms with van der Waals surface area (Å²) in [6, 6.07) is 7.72. The molecule has 0 unspecified atom stereocenters. The first-order valence-corrected chi connectivity index (χ1v) is 9.37. The van der Waals surface area contributed by atoms with Crippen LogP contribution in [0.1, 0.15) is 0 Å². The standard InChI is InChI=1S/C17H22ClN3O2S/c1-2-10-24-13-16(22)19-12-17(23)21-8-6-20(7-9-21)15-5-3-4-14(18)11-15/h2-5,11H,1,6-10,12-13H2,(H,19,22). The van der Waals surface area contributed by atoms with Crippen molar-refractivity contribution >= 4 is 40.9 Å². The van der Waals surface area contributed by atoms with Gasteiger partial charge in [0.15, 0.2) is 0 Å². The van der Waals surface area contributed by atoms with E-state index in [0.717, 1.165) is 24.5 Å². The molecule has 2 amide bonds. The number of rotatable bonds is 7. The van der Waals surface area contributed by atoms with Crippen molar-refractivity contribution in [1.82, 2.24) is 10.2 Å². The third-order valence-corrected chi connectivity index (χ3v) is 4.88. The van der Waals surface area contributed by atoms with Crippen LogP contribution >= 0.6 is 23.4 Å². The molecule has 0 radical (unpaired) electrons. The van der Waals surface area contributed by atoms with Gasteiger partial charge in [-0.15, -0.1) is 18.3 Å². The van der Waals surface area contributed by atoms with Gasteiger partial charge in [0, 0.05) is 42.6 Å². The summed E-state index contributed by atoms with van der Waals surface area (Å²) < 4.78 is 0. The second-order valence-electron chi connectivity index (χ2n) is 5.43. The zero-order valence-corrected chi connectivity index (χ0v) is 15.1. The molecule has 1 aromatic rings. The molecule has 5 nitrogen and oxygen atoms in total. The van der Waals surface area contributed by atoms with E-state index < -0.39 is 0 Å². The number of carbonyl (C=O) groups is 2. The highest BCUT2D eigenvalue weighted by Crippen LogP contribution is 2.20. The lowest BCUT2D eigenvalue weighted by molar-refractivity contribution is -0.132. The Kier molecular flexibility index (Phi) is 7.46. The molecule has 0 atom stereocenters. The van der Waals surface area contributed by atoms with Crippen LogP contribution in [0, 0.1) is 0 Å². The lowest BCUT2D eigenvalue weighted by Crippen LogP contribution is -2.51. The van der Waals surface area contributed by atoms with Crippen molar-refractivity contribution in [3.8, 4) is 0 Å². The van der Waals surface area contributed by atoms with Gasteiger partial charge in [0.2, 0.25) is 11.8 Å². The molecule has 1 fully saturated rings. The lowest BCUT2D eigenvalue weighted by Gasteiger charge is -2.36. The predicted molar refractivity (Wildman–Crippen MR) is 101 cm³/mol. The maximum absolute atomic E-state index is 12.2. The molecule has 0 aromatic heterocycles.